The summed E-state index contributed by atoms with van der Waals surface area (Å²) in [4.78, 5) is 11.1. The summed E-state index contributed by atoms with van der Waals surface area (Å²) in [7, 11) is 0. The third-order valence-corrected chi connectivity index (χ3v) is 10.3. The molecule has 4 N–H and O–H groups in total. The van der Waals surface area contributed by atoms with Crippen LogP contribution in [0.4, 0.5) is 0 Å². The normalized spacial score (nSPS) is 52.9. The van der Waals surface area contributed by atoms with Gasteiger partial charge in [0, 0.05) is 11.8 Å². The molecule has 0 saturated heterocycles. The van der Waals surface area contributed by atoms with Crippen molar-refractivity contribution in [3.05, 3.63) is 0 Å². The molecule has 29 heavy (non-hydrogen) atoms. The Morgan fingerprint density at radius 2 is 1.79 bits per heavy atom. The fourth-order valence-electron chi connectivity index (χ4n) is 8.83. The predicted molar refractivity (Wildman–Crippen MR) is 110 cm³/mol. The molecular weight excluding hydrogens is 368 g/mol. The Labute approximate surface area is 174 Å². The average Bonchev–Trinajstić information content (AvgIpc) is 3.02. The summed E-state index contributed by atoms with van der Waals surface area (Å²) in [6.07, 6.45) is 5.98. The number of carbonyl (C=O) groups is 1. The van der Waals surface area contributed by atoms with Crippen molar-refractivity contribution in [1.29, 1.82) is 0 Å². The van der Waals surface area contributed by atoms with Gasteiger partial charge in [0.2, 0.25) is 0 Å². The van der Waals surface area contributed by atoms with Crippen molar-refractivity contribution in [3.8, 4) is 0 Å². The van der Waals surface area contributed by atoms with Crippen LogP contribution in [-0.4, -0.2) is 44.7 Å². The van der Waals surface area contributed by atoms with Gasteiger partial charge in [0.25, 0.3) is 0 Å². The highest BCUT2D eigenvalue weighted by Crippen LogP contribution is 2.68. The van der Waals surface area contributed by atoms with E-state index in [0.717, 1.165) is 44.9 Å². The van der Waals surface area contributed by atoms with Gasteiger partial charge in [0.05, 0.1) is 18.3 Å². The number of rotatable bonds is 4. The molecule has 0 bridgehead atoms. The second-order valence-corrected chi connectivity index (χ2v) is 11.4. The number of aliphatic hydroxyl groups is 3. The predicted octanol–water partition coefficient (Wildman–Crippen LogP) is 3.45. The van der Waals surface area contributed by atoms with Crippen molar-refractivity contribution in [2.75, 3.05) is 0 Å². The minimum absolute atomic E-state index is 0.00309. The minimum atomic E-state index is -0.758. The molecule has 0 heterocycles. The minimum Gasteiger partial charge on any atom is -0.481 e. The zero-order valence-corrected chi connectivity index (χ0v) is 18.3. The Balaban J connectivity index is 1.62. The molecule has 4 saturated carbocycles. The van der Waals surface area contributed by atoms with Crippen molar-refractivity contribution in [1.82, 2.24) is 0 Å². The van der Waals surface area contributed by atoms with E-state index >= 15 is 0 Å². The number of aliphatic hydroxyl groups excluding tert-OH is 3. The number of hydrogen-bond donors (Lipinski definition) is 4. The van der Waals surface area contributed by atoms with Gasteiger partial charge in [-0.2, -0.15) is 0 Å². The Hall–Kier alpha value is -0.650. The van der Waals surface area contributed by atoms with E-state index in [2.05, 4.69) is 20.8 Å². The van der Waals surface area contributed by atoms with E-state index in [1.54, 1.807) is 0 Å². The zero-order valence-electron chi connectivity index (χ0n) is 18.3. The van der Waals surface area contributed by atoms with E-state index < -0.39 is 18.2 Å². The molecule has 0 radical (unpaired) electrons. The topological polar surface area (TPSA) is 98.0 Å². The molecule has 4 rings (SSSR count). The van der Waals surface area contributed by atoms with Crippen molar-refractivity contribution < 1.29 is 25.2 Å². The molecule has 0 unspecified atom stereocenters. The van der Waals surface area contributed by atoms with Gasteiger partial charge in [-0.15, -0.1) is 0 Å². The smallest absolute Gasteiger partial charge is 0.303 e. The second-order valence-electron chi connectivity index (χ2n) is 11.4. The van der Waals surface area contributed by atoms with Crippen LogP contribution in [0.25, 0.3) is 0 Å². The first-order valence-electron chi connectivity index (χ1n) is 11.9. The van der Waals surface area contributed by atoms with Gasteiger partial charge in [-0.3, -0.25) is 4.79 Å². The summed E-state index contributed by atoms with van der Waals surface area (Å²) in [5.74, 6) is 1.10. The summed E-state index contributed by atoms with van der Waals surface area (Å²) < 4.78 is 0. The highest BCUT2D eigenvalue weighted by molar-refractivity contribution is 5.66. The van der Waals surface area contributed by atoms with Crippen LogP contribution in [0.1, 0.15) is 78.6 Å². The summed E-state index contributed by atoms with van der Waals surface area (Å²) in [5, 5.41) is 42.2. The Bertz CT molecular complexity index is 637. The van der Waals surface area contributed by atoms with E-state index in [4.69, 9.17) is 5.11 Å². The van der Waals surface area contributed by atoms with Crippen LogP contribution in [0, 0.1) is 46.3 Å². The highest BCUT2D eigenvalue weighted by Gasteiger charge is 2.66. The quantitative estimate of drug-likeness (QED) is 0.571. The third-order valence-electron chi connectivity index (χ3n) is 10.3. The maximum absolute atomic E-state index is 11.5. The summed E-state index contributed by atoms with van der Waals surface area (Å²) in [5.41, 5.74) is -0.341. The molecule has 4 fully saturated rings. The number of carboxylic acid groups (broad SMARTS) is 1. The Kier molecular flexibility index (Phi) is 5.57. The van der Waals surface area contributed by atoms with Crippen molar-refractivity contribution >= 4 is 5.97 Å². The van der Waals surface area contributed by atoms with Gasteiger partial charge >= 0.3 is 5.97 Å². The maximum Gasteiger partial charge on any atom is 0.303 e. The summed E-state index contributed by atoms with van der Waals surface area (Å²) in [6, 6.07) is 0. The molecule has 0 aromatic rings. The van der Waals surface area contributed by atoms with Crippen LogP contribution in [0.5, 0.6) is 0 Å². The molecule has 11 atom stereocenters. The molecule has 0 aromatic heterocycles. The van der Waals surface area contributed by atoms with Crippen LogP contribution in [0.15, 0.2) is 0 Å². The number of fused-ring (bicyclic) bond motifs is 5. The first-order chi connectivity index (χ1) is 13.6. The first kappa shape index (κ1) is 21.6. The zero-order chi connectivity index (χ0) is 21.1. The summed E-state index contributed by atoms with van der Waals surface area (Å²) in [6.45, 7) is 6.61. The lowest BCUT2D eigenvalue weighted by atomic mass is 9.43. The molecular formula is C24H40O5. The van der Waals surface area contributed by atoms with Crippen LogP contribution in [0.3, 0.4) is 0 Å². The molecule has 4 aliphatic rings. The van der Waals surface area contributed by atoms with Gasteiger partial charge in [-0.05, 0) is 92.3 Å². The standard InChI is InChI=1S/C24H40O5/c1-13(4-9-19(26)27)17-7-8-18-16-6-5-14-12-15(25)10-11-23(14,2)20(16)21(28)22(29)24(17,18)3/h13-18,20-22,25,28-29H,4-12H2,1-3H3,(H,26,27)/t13-,14-,15-,16+,17-,18+,20-,21-,22+,23+,24-/m1/s1. The van der Waals surface area contributed by atoms with E-state index in [0.29, 0.717) is 24.2 Å². The van der Waals surface area contributed by atoms with Gasteiger partial charge in [0.1, 0.15) is 0 Å². The Morgan fingerprint density at radius 1 is 1.07 bits per heavy atom. The van der Waals surface area contributed by atoms with E-state index in [1.165, 1.54) is 0 Å². The van der Waals surface area contributed by atoms with Gasteiger partial charge in [0.15, 0.2) is 0 Å². The third kappa shape index (κ3) is 3.18. The molecule has 4 aliphatic carbocycles. The fraction of sp³-hybridized carbons (Fsp3) is 0.958. The Morgan fingerprint density at radius 3 is 2.48 bits per heavy atom. The monoisotopic (exact) mass is 408 g/mol. The lowest BCUT2D eigenvalue weighted by Gasteiger charge is -2.64. The van der Waals surface area contributed by atoms with Crippen LogP contribution in [-0.2, 0) is 4.79 Å². The largest absolute Gasteiger partial charge is 0.481 e. The van der Waals surface area contributed by atoms with Crippen LogP contribution in [0.2, 0.25) is 0 Å². The van der Waals surface area contributed by atoms with Crippen molar-refractivity contribution in [3.63, 3.8) is 0 Å². The van der Waals surface area contributed by atoms with Gasteiger partial charge in [-0.25, -0.2) is 0 Å². The van der Waals surface area contributed by atoms with E-state index in [1.807, 2.05) is 0 Å². The molecule has 0 spiro atoms. The maximum atomic E-state index is 11.5. The van der Waals surface area contributed by atoms with Crippen molar-refractivity contribution in [2.24, 2.45) is 46.3 Å². The molecule has 0 amide bonds. The fourth-order valence-corrected chi connectivity index (χ4v) is 8.83. The molecule has 5 nitrogen and oxygen atoms in total. The molecule has 166 valence electrons. The number of carboxylic acids is 1. The molecule has 0 aromatic carbocycles. The lowest BCUT2D eigenvalue weighted by Crippen LogP contribution is -2.65. The first-order valence-corrected chi connectivity index (χ1v) is 11.9. The lowest BCUT2D eigenvalue weighted by molar-refractivity contribution is -0.231. The SMILES string of the molecule is C[C@H](CCC(=O)O)[C@H]1CC[C@H]2[C@@H]3CC[C@@H]4C[C@H](O)CC[C@]4(C)[C@H]3[C@@H](O)[C@H](O)[C@]12C. The van der Waals surface area contributed by atoms with Gasteiger partial charge in [-0.1, -0.05) is 20.8 Å². The second kappa shape index (κ2) is 7.49. The van der Waals surface area contributed by atoms with E-state index in [9.17, 15) is 20.1 Å². The van der Waals surface area contributed by atoms with E-state index in [-0.39, 0.29) is 41.1 Å². The van der Waals surface area contributed by atoms with Gasteiger partial charge < -0.3 is 20.4 Å². The number of aliphatic carboxylic acids is 1. The number of hydrogen-bond acceptors (Lipinski definition) is 4. The van der Waals surface area contributed by atoms with Crippen LogP contribution >= 0.6 is 0 Å². The highest BCUT2D eigenvalue weighted by atomic mass is 16.4. The van der Waals surface area contributed by atoms with Crippen LogP contribution < -0.4 is 0 Å². The molecule has 0 aliphatic heterocycles. The average molecular weight is 409 g/mol. The van der Waals surface area contributed by atoms with Crippen molar-refractivity contribution in [2.45, 2.75) is 96.9 Å². The molecule has 5 heteroatoms. The summed E-state index contributed by atoms with van der Waals surface area (Å²) >= 11 is 0.